The molecule has 1 rings (SSSR count). The molecule has 0 unspecified atom stereocenters. The number of carbonyl (C=O) groups excluding carboxylic acids is 2. The first-order valence-electron chi connectivity index (χ1n) is 7.01. The summed E-state index contributed by atoms with van der Waals surface area (Å²) in [4.78, 5) is 23.4. The van der Waals surface area contributed by atoms with Gasteiger partial charge in [0.1, 0.15) is 0 Å². The third-order valence-electron chi connectivity index (χ3n) is 3.40. The molecule has 4 heteroatoms. The fourth-order valence-electron chi connectivity index (χ4n) is 2.27. The lowest BCUT2D eigenvalue weighted by molar-refractivity contribution is -0.126. The lowest BCUT2D eigenvalue weighted by Gasteiger charge is -2.29. The summed E-state index contributed by atoms with van der Waals surface area (Å²) in [6, 6.07) is 0.457. The van der Waals surface area contributed by atoms with Gasteiger partial charge in [-0.3, -0.25) is 9.59 Å². The van der Waals surface area contributed by atoms with Crippen LogP contribution in [-0.2, 0) is 9.59 Å². The minimum absolute atomic E-state index is 0.0342. The van der Waals surface area contributed by atoms with Gasteiger partial charge in [0, 0.05) is 23.9 Å². The van der Waals surface area contributed by atoms with E-state index in [2.05, 4.69) is 10.6 Å². The third kappa shape index (κ3) is 4.67. The topological polar surface area (TPSA) is 58.2 Å². The summed E-state index contributed by atoms with van der Waals surface area (Å²) in [7, 11) is 0. The first-order valence-corrected chi connectivity index (χ1v) is 7.01. The molecule has 0 heterocycles. The molecule has 0 aromatic rings. The summed E-state index contributed by atoms with van der Waals surface area (Å²) >= 11 is 0. The van der Waals surface area contributed by atoms with E-state index in [1.807, 2.05) is 27.7 Å². The Morgan fingerprint density at radius 2 is 1.56 bits per heavy atom. The Morgan fingerprint density at radius 1 is 1.00 bits per heavy atom. The zero-order valence-electron chi connectivity index (χ0n) is 12.0. The molecule has 2 amide bonds. The van der Waals surface area contributed by atoms with Crippen molar-refractivity contribution in [3.8, 4) is 0 Å². The molecule has 0 bridgehead atoms. The molecule has 4 nitrogen and oxygen atoms in total. The van der Waals surface area contributed by atoms with Gasteiger partial charge in [0.2, 0.25) is 11.8 Å². The number of nitrogens with one attached hydrogen (secondary N) is 2. The van der Waals surface area contributed by atoms with Gasteiger partial charge in [-0.15, -0.1) is 0 Å². The SMILES string of the molecule is CC(C)NC(=O)C1CCC(NC(=O)C(C)C)CC1. The van der Waals surface area contributed by atoms with Crippen molar-refractivity contribution in [2.75, 3.05) is 0 Å². The highest BCUT2D eigenvalue weighted by atomic mass is 16.2. The molecule has 1 fully saturated rings. The van der Waals surface area contributed by atoms with Gasteiger partial charge in [0.05, 0.1) is 0 Å². The van der Waals surface area contributed by atoms with Gasteiger partial charge >= 0.3 is 0 Å². The van der Waals surface area contributed by atoms with Crippen LogP contribution in [0.15, 0.2) is 0 Å². The minimum atomic E-state index is 0.0342. The zero-order chi connectivity index (χ0) is 13.7. The summed E-state index contributed by atoms with van der Waals surface area (Å²) in [6.07, 6.45) is 3.58. The van der Waals surface area contributed by atoms with E-state index >= 15 is 0 Å². The summed E-state index contributed by atoms with van der Waals surface area (Å²) in [5.74, 6) is 0.440. The number of hydrogen-bond acceptors (Lipinski definition) is 2. The molecule has 1 aliphatic carbocycles. The fraction of sp³-hybridized carbons (Fsp3) is 0.857. The van der Waals surface area contributed by atoms with Crippen molar-refractivity contribution in [2.45, 2.75) is 65.5 Å². The number of hydrogen-bond donors (Lipinski definition) is 2. The van der Waals surface area contributed by atoms with Crippen molar-refractivity contribution < 1.29 is 9.59 Å². The van der Waals surface area contributed by atoms with Crippen molar-refractivity contribution in [1.29, 1.82) is 0 Å². The highest BCUT2D eigenvalue weighted by Gasteiger charge is 2.27. The highest BCUT2D eigenvalue weighted by molar-refractivity contribution is 5.79. The minimum Gasteiger partial charge on any atom is -0.354 e. The molecule has 1 aliphatic rings. The average molecular weight is 254 g/mol. The molecule has 0 radical (unpaired) electrons. The lowest BCUT2D eigenvalue weighted by Crippen LogP contribution is -2.43. The van der Waals surface area contributed by atoms with Gasteiger partial charge in [0.25, 0.3) is 0 Å². The van der Waals surface area contributed by atoms with E-state index in [9.17, 15) is 9.59 Å². The second-order valence-corrected chi connectivity index (χ2v) is 5.88. The third-order valence-corrected chi connectivity index (χ3v) is 3.40. The Balaban J connectivity index is 2.32. The Kier molecular flexibility index (Phi) is 5.63. The van der Waals surface area contributed by atoms with Gasteiger partial charge in [0.15, 0.2) is 0 Å². The van der Waals surface area contributed by atoms with Crippen LogP contribution in [0.5, 0.6) is 0 Å². The quantitative estimate of drug-likeness (QED) is 0.804. The first kappa shape index (κ1) is 15.0. The van der Waals surface area contributed by atoms with Crippen LogP contribution in [0.2, 0.25) is 0 Å². The van der Waals surface area contributed by atoms with E-state index in [0.29, 0.717) is 0 Å². The normalized spacial score (nSPS) is 24.1. The van der Waals surface area contributed by atoms with E-state index in [-0.39, 0.29) is 35.7 Å². The summed E-state index contributed by atoms with van der Waals surface area (Å²) in [5, 5.41) is 6.01. The Morgan fingerprint density at radius 3 is 2.00 bits per heavy atom. The van der Waals surface area contributed by atoms with Gasteiger partial charge in [-0.25, -0.2) is 0 Å². The maximum atomic E-state index is 11.8. The van der Waals surface area contributed by atoms with Crippen molar-refractivity contribution >= 4 is 11.8 Å². The molecule has 0 aliphatic heterocycles. The Labute approximate surface area is 110 Å². The van der Waals surface area contributed by atoms with Crippen molar-refractivity contribution in [1.82, 2.24) is 10.6 Å². The standard InChI is InChI=1S/C14H26N2O2/c1-9(2)13(17)16-12-7-5-11(6-8-12)14(18)15-10(3)4/h9-12H,5-8H2,1-4H3,(H,15,18)(H,16,17). The molecule has 0 spiro atoms. The molecule has 104 valence electrons. The van der Waals surface area contributed by atoms with Crippen LogP contribution >= 0.6 is 0 Å². The Hall–Kier alpha value is -1.06. The van der Waals surface area contributed by atoms with Crippen LogP contribution in [0, 0.1) is 11.8 Å². The smallest absolute Gasteiger partial charge is 0.223 e. The number of amides is 2. The summed E-state index contributed by atoms with van der Waals surface area (Å²) in [6.45, 7) is 7.76. The van der Waals surface area contributed by atoms with Crippen LogP contribution < -0.4 is 10.6 Å². The predicted molar refractivity (Wildman–Crippen MR) is 72.0 cm³/mol. The summed E-state index contributed by atoms with van der Waals surface area (Å²) in [5.41, 5.74) is 0. The van der Waals surface area contributed by atoms with Crippen LogP contribution in [0.25, 0.3) is 0 Å². The van der Waals surface area contributed by atoms with Crippen LogP contribution in [-0.4, -0.2) is 23.9 Å². The van der Waals surface area contributed by atoms with E-state index < -0.39 is 0 Å². The largest absolute Gasteiger partial charge is 0.354 e. The molecule has 0 saturated heterocycles. The van der Waals surface area contributed by atoms with Gasteiger partial charge in [-0.1, -0.05) is 13.8 Å². The van der Waals surface area contributed by atoms with Crippen molar-refractivity contribution in [2.24, 2.45) is 11.8 Å². The van der Waals surface area contributed by atoms with E-state index in [1.54, 1.807) is 0 Å². The molecular weight excluding hydrogens is 228 g/mol. The second kappa shape index (κ2) is 6.76. The first-order chi connectivity index (χ1) is 8.40. The predicted octanol–water partition coefficient (Wildman–Crippen LogP) is 1.84. The molecular formula is C14H26N2O2. The molecule has 0 aromatic heterocycles. The zero-order valence-corrected chi connectivity index (χ0v) is 12.0. The van der Waals surface area contributed by atoms with Crippen LogP contribution in [0.3, 0.4) is 0 Å². The van der Waals surface area contributed by atoms with E-state index in [1.165, 1.54) is 0 Å². The molecule has 1 saturated carbocycles. The molecule has 0 atom stereocenters. The Bertz CT molecular complexity index is 292. The number of rotatable bonds is 4. The maximum absolute atomic E-state index is 11.8. The second-order valence-electron chi connectivity index (χ2n) is 5.88. The fourth-order valence-corrected chi connectivity index (χ4v) is 2.27. The van der Waals surface area contributed by atoms with Crippen molar-refractivity contribution in [3.63, 3.8) is 0 Å². The monoisotopic (exact) mass is 254 g/mol. The molecule has 0 aromatic carbocycles. The molecule has 2 N–H and O–H groups in total. The van der Waals surface area contributed by atoms with Crippen LogP contribution in [0.1, 0.15) is 53.4 Å². The summed E-state index contributed by atoms with van der Waals surface area (Å²) < 4.78 is 0. The van der Waals surface area contributed by atoms with Crippen LogP contribution in [0.4, 0.5) is 0 Å². The van der Waals surface area contributed by atoms with Gasteiger partial charge in [-0.2, -0.15) is 0 Å². The molecule has 18 heavy (non-hydrogen) atoms. The average Bonchev–Trinajstić information content (AvgIpc) is 2.28. The lowest BCUT2D eigenvalue weighted by atomic mass is 9.85. The van der Waals surface area contributed by atoms with Gasteiger partial charge < -0.3 is 10.6 Å². The van der Waals surface area contributed by atoms with E-state index in [4.69, 9.17) is 0 Å². The van der Waals surface area contributed by atoms with Crippen molar-refractivity contribution in [3.05, 3.63) is 0 Å². The highest BCUT2D eigenvalue weighted by Crippen LogP contribution is 2.24. The van der Waals surface area contributed by atoms with E-state index in [0.717, 1.165) is 25.7 Å². The maximum Gasteiger partial charge on any atom is 0.223 e. The number of carbonyl (C=O) groups is 2. The van der Waals surface area contributed by atoms with Gasteiger partial charge in [-0.05, 0) is 39.5 Å².